The van der Waals surface area contributed by atoms with Gasteiger partial charge >= 0.3 is 0 Å². The summed E-state index contributed by atoms with van der Waals surface area (Å²) in [6.45, 7) is 5.44. The second kappa shape index (κ2) is 1.83. The van der Waals surface area contributed by atoms with E-state index in [0.29, 0.717) is 6.10 Å². The van der Waals surface area contributed by atoms with E-state index in [0.717, 1.165) is 12.5 Å². The van der Waals surface area contributed by atoms with E-state index in [1.165, 1.54) is 6.42 Å². The summed E-state index contributed by atoms with van der Waals surface area (Å²) in [5.74, 6) is 0.792. The Morgan fingerprint density at radius 1 is 1.86 bits per heavy atom. The highest BCUT2D eigenvalue weighted by atomic mass is 16.6. The number of hydrogen-bond acceptors (Lipinski definition) is 1. The average molecular weight is 100 g/mol. The molecule has 1 aliphatic heterocycles. The molecule has 0 aromatic heterocycles. The summed E-state index contributed by atoms with van der Waals surface area (Å²) in [5, 5.41) is 0. The first-order valence-corrected chi connectivity index (χ1v) is 2.96. The van der Waals surface area contributed by atoms with Crippen LogP contribution in [0.5, 0.6) is 0 Å². The predicted octanol–water partition coefficient (Wildman–Crippen LogP) is 1.43. The van der Waals surface area contributed by atoms with Gasteiger partial charge in [0.1, 0.15) is 0 Å². The third-order valence-corrected chi connectivity index (χ3v) is 1.64. The van der Waals surface area contributed by atoms with E-state index in [1.807, 2.05) is 0 Å². The van der Waals surface area contributed by atoms with Crippen LogP contribution in [0, 0.1) is 5.92 Å². The Hall–Kier alpha value is -0.0400. The summed E-state index contributed by atoms with van der Waals surface area (Å²) in [5.41, 5.74) is 0. The van der Waals surface area contributed by atoms with Crippen molar-refractivity contribution in [2.24, 2.45) is 5.92 Å². The maximum atomic E-state index is 5.06. The molecule has 1 heterocycles. The van der Waals surface area contributed by atoms with Crippen molar-refractivity contribution in [3.05, 3.63) is 0 Å². The van der Waals surface area contributed by atoms with Gasteiger partial charge in [0.25, 0.3) is 0 Å². The zero-order valence-electron chi connectivity index (χ0n) is 4.98. The number of ether oxygens (including phenoxy) is 1. The number of hydrogen-bond donors (Lipinski definition) is 0. The van der Waals surface area contributed by atoms with Gasteiger partial charge < -0.3 is 4.74 Å². The lowest BCUT2D eigenvalue weighted by atomic mass is 10.1. The van der Waals surface area contributed by atoms with Crippen LogP contribution in [0.15, 0.2) is 0 Å². The Morgan fingerprint density at radius 2 is 2.43 bits per heavy atom. The molecular weight excluding hydrogens is 88.1 g/mol. The Balaban J connectivity index is 2.10. The van der Waals surface area contributed by atoms with Crippen LogP contribution >= 0.6 is 0 Å². The largest absolute Gasteiger partial charge is 0.373 e. The van der Waals surface area contributed by atoms with Gasteiger partial charge in [-0.2, -0.15) is 0 Å². The predicted molar refractivity (Wildman–Crippen MR) is 29.2 cm³/mol. The first kappa shape index (κ1) is 5.10. The minimum absolute atomic E-state index is 0.616. The second-order valence-electron chi connectivity index (χ2n) is 2.26. The molecule has 1 aliphatic rings. The van der Waals surface area contributed by atoms with Gasteiger partial charge in [0, 0.05) is 0 Å². The molecule has 0 aromatic carbocycles. The maximum Gasteiger partial charge on any atom is 0.0835 e. The van der Waals surface area contributed by atoms with Crippen LogP contribution in [0.1, 0.15) is 20.3 Å². The van der Waals surface area contributed by atoms with Gasteiger partial charge in [-0.3, -0.25) is 0 Å². The van der Waals surface area contributed by atoms with Gasteiger partial charge in [0.05, 0.1) is 12.7 Å². The molecule has 1 nitrogen and oxygen atoms in total. The summed E-state index contributed by atoms with van der Waals surface area (Å²) in [7, 11) is 0. The second-order valence-corrected chi connectivity index (χ2v) is 2.26. The van der Waals surface area contributed by atoms with Crippen molar-refractivity contribution < 1.29 is 4.74 Å². The van der Waals surface area contributed by atoms with Gasteiger partial charge in [0.15, 0.2) is 0 Å². The van der Waals surface area contributed by atoms with Crippen molar-refractivity contribution in [1.29, 1.82) is 0 Å². The van der Waals surface area contributed by atoms with Crippen molar-refractivity contribution in [1.82, 2.24) is 0 Å². The van der Waals surface area contributed by atoms with Crippen LogP contribution in [0.25, 0.3) is 0 Å². The van der Waals surface area contributed by atoms with Crippen LogP contribution < -0.4 is 0 Å². The van der Waals surface area contributed by atoms with Gasteiger partial charge in [-0.05, 0) is 5.92 Å². The molecule has 0 saturated carbocycles. The minimum atomic E-state index is 0.616. The van der Waals surface area contributed by atoms with Crippen LogP contribution in [0.2, 0.25) is 0 Å². The molecule has 1 rings (SSSR count). The van der Waals surface area contributed by atoms with Crippen LogP contribution in [-0.4, -0.2) is 12.7 Å². The van der Waals surface area contributed by atoms with Gasteiger partial charge in [-0.25, -0.2) is 0 Å². The van der Waals surface area contributed by atoms with Crippen molar-refractivity contribution in [3.63, 3.8) is 0 Å². The van der Waals surface area contributed by atoms with E-state index in [-0.39, 0.29) is 0 Å². The third-order valence-electron chi connectivity index (χ3n) is 1.64. The van der Waals surface area contributed by atoms with Gasteiger partial charge in [-0.15, -0.1) is 0 Å². The minimum Gasteiger partial charge on any atom is -0.373 e. The monoisotopic (exact) mass is 100 g/mol. The van der Waals surface area contributed by atoms with E-state index in [2.05, 4.69) is 13.8 Å². The lowest BCUT2D eigenvalue weighted by Crippen LogP contribution is -1.99. The molecule has 0 bridgehead atoms. The summed E-state index contributed by atoms with van der Waals surface area (Å²) in [6, 6.07) is 0. The van der Waals surface area contributed by atoms with Crippen LogP contribution in [-0.2, 0) is 4.74 Å². The van der Waals surface area contributed by atoms with Gasteiger partial charge in [-0.1, -0.05) is 20.3 Å². The molecule has 1 saturated heterocycles. The summed E-state index contributed by atoms with van der Waals surface area (Å²) >= 11 is 0. The standard InChI is InChI=1S/C6H12O/c1-3-5(2)6-4-7-6/h5-6H,3-4H2,1-2H3/t5-,6-/m1/s1. The molecule has 0 spiro atoms. The molecule has 0 radical (unpaired) electrons. The molecule has 42 valence electrons. The Kier molecular flexibility index (Phi) is 1.33. The van der Waals surface area contributed by atoms with E-state index in [1.54, 1.807) is 0 Å². The normalized spacial score (nSPS) is 32.6. The quantitative estimate of drug-likeness (QED) is 0.478. The molecule has 0 N–H and O–H groups in total. The van der Waals surface area contributed by atoms with Crippen LogP contribution in [0.3, 0.4) is 0 Å². The highest BCUT2D eigenvalue weighted by molar-refractivity contribution is 4.74. The Labute approximate surface area is 44.7 Å². The fourth-order valence-corrected chi connectivity index (χ4v) is 0.647. The van der Waals surface area contributed by atoms with Crippen molar-refractivity contribution in [2.75, 3.05) is 6.61 Å². The van der Waals surface area contributed by atoms with E-state index in [9.17, 15) is 0 Å². The first-order valence-electron chi connectivity index (χ1n) is 2.96. The van der Waals surface area contributed by atoms with E-state index >= 15 is 0 Å². The highest BCUT2D eigenvalue weighted by Crippen LogP contribution is 2.21. The third kappa shape index (κ3) is 1.16. The fraction of sp³-hybridized carbons (Fsp3) is 1.00. The Morgan fingerprint density at radius 3 is 2.57 bits per heavy atom. The topological polar surface area (TPSA) is 12.5 Å². The Bertz CT molecular complexity index is 57.2. The molecule has 0 unspecified atom stereocenters. The summed E-state index contributed by atoms with van der Waals surface area (Å²) in [6.07, 6.45) is 1.87. The van der Waals surface area contributed by atoms with Gasteiger partial charge in [0.2, 0.25) is 0 Å². The average Bonchev–Trinajstić information content (AvgIpc) is 2.44. The highest BCUT2D eigenvalue weighted by Gasteiger charge is 2.27. The number of rotatable bonds is 2. The smallest absolute Gasteiger partial charge is 0.0835 e. The zero-order chi connectivity index (χ0) is 5.28. The lowest BCUT2D eigenvalue weighted by molar-refractivity contribution is 0.337. The molecule has 0 aliphatic carbocycles. The SMILES string of the molecule is CC[C@@H](C)[C@H]1CO1. The molecule has 2 atom stereocenters. The fourth-order valence-electron chi connectivity index (χ4n) is 0.647. The molecule has 1 fully saturated rings. The van der Waals surface area contributed by atoms with E-state index in [4.69, 9.17) is 4.74 Å². The summed E-state index contributed by atoms with van der Waals surface area (Å²) < 4.78 is 5.06. The van der Waals surface area contributed by atoms with E-state index < -0.39 is 0 Å². The zero-order valence-corrected chi connectivity index (χ0v) is 4.98. The molecule has 0 amide bonds. The molecule has 0 aromatic rings. The molecular formula is C6H12O. The van der Waals surface area contributed by atoms with Crippen molar-refractivity contribution in [3.8, 4) is 0 Å². The van der Waals surface area contributed by atoms with Crippen molar-refractivity contribution in [2.45, 2.75) is 26.4 Å². The molecule has 1 heteroatoms. The number of epoxide rings is 1. The van der Waals surface area contributed by atoms with Crippen LogP contribution in [0.4, 0.5) is 0 Å². The maximum absolute atomic E-state index is 5.06. The summed E-state index contributed by atoms with van der Waals surface area (Å²) in [4.78, 5) is 0. The first-order chi connectivity index (χ1) is 3.34. The lowest BCUT2D eigenvalue weighted by Gasteiger charge is -1.98. The van der Waals surface area contributed by atoms with Crippen molar-refractivity contribution >= 4 is 0 Å². The molecule has 7 heavy (non-hydrogen) atoms.